The topological polar surface area (TPSA) is 100 Å². The molecule has 2 unspecified atom stereocenters. The molecule has 126 valence electrons. The average Bonchev–Trinajstić information content (AvgIpc) is 2.38. The Kier molecular flexibility index (Phi) is 10.3. The van der Waals surface area contributed by atoms with Crippen LogP contribution >= 0.6 is 0 Å². The van der Waals surface area contributed by atoms with E-state index < -0.39 is 17.8 Å². The second-order valence-corrected chi connectivity index (χ2v) is 5.97. The van der Waals surface area contributed by atoms with Crippen molar-refractivity contribution in [1.29, 1.82) is 0 Å². The predicted molar refractivity (Wildman–Crippen MR) is 80.2 cm³/mol. The number of carbonyl (C=O) groups excluding carboxylic acids is 1. The summed E-state index contributed by atoms with van der Waals surface area (Å²) in [6.07, 6.45) is 0.343. The molecule has 0 aromatic carbocycles. The zero-order valence-corrected chi connectivity index (χ0v) is 13.5. The molecule has 7 heteroatoms. The first-order chi connectivity index (χ1) is 9.78. The molecule has 0 fully saturated rings. The van der Waals surface area contributed by atoms with Crippen molar-refractivity contribution >= 4 is 6.09 Å². The van der Waals surface area contributed by atoms with Crippen LogP contribution in [0.5, 0.6) is 0 Å². The van der Waals surface area contributed by atoms with Crippen molar-refractivity contribution in [2.75, 3.05) is 33.4 Å². The highest BCUT2D eigenvalue weighted by atomic mass is 16.6. The maximum atomic E-state index is 11.4. The van der Waals surface area contributed by atoms with Crippen LogP contribution in [-0.4, -0.2) is 67.5 Å². The number of methoxy groups -OCH3 is 1. The molecule has 4 N–H and O–H groups in total. The van der Waals surface area contributed by atoms with Gasteiger partial charge in [0.1, 0.15) is 5.60 Å². The van der Waals surface area contributed by atoms with Gasteiger partial charge in [0, 0.05) is 26.2 Å². The van der Waals surface area contributed by atoms with E-state index in [1.165, 1.54) is 0 Å². The minimum Gasteiger partial charge on any atom is -0.444 e. The summed E-state index contributed by atoms with van der Waals surface area (Å²) in [6.45, 7) is 6.51. The molecule has 0 aliphatic heterocycles. The standard InChI is InChI=1S/C14H30N2O5/c1-14(2,3)21-13(19)15-7-5-6-11(10-20-4)16-8-12(18)9-17/h11-12,16-18H,5-10H2,1-4H3,(H,15,19). The van der Waals surface area contributed by atoms with Gasteiger partial charge in [-0.15, -0.1) is 0 Å². The molecule has 0 heterocycles. The van der Waals surface area contributed by atoms with E-state index in [1.54, 1.807) is 7.11 Å². The summed E-state index contributed by atoms with van der Waals surface area (Å²) < 4.78 is 10.2. The third-order valence-electron chi connectivity index (χ3n) is 2.62. The lowest BCUT2D eigenvalue weighted by molar-refractivity contribution is 0.0525. The van der Waals surface area contributed by atoms with Gasteiger partial charge in [-0.3, -0.25) is 0 Å². The molecular weight excluding hydrogens is 276 g/mol. The molecule has 2 atom stereocenters. The van der Waals surface area contributed by atoms with Gasteiger partial charge in [0.2, 0.25) is 0 Å². The molecule has 0 radical (unpaired) electrons. The van der Waals surface area contributed by atoms with E-state index in [0.717, 1.165) is 12.8 Å². The highest BCUT2D eigenvalue weighted by Crippen LogP contribution is 2.06. The molecular formula is C14H30N2O5. The molecule has 0 rings (SSSR count). The molecule has 0 saturated heterocycles. The number of alkyl carbamates (subject to hydrolysis) is 1. The summed E-state index contributed by atoms with van der Waals surface area (Å²) in [4.78, 5) is 11.4. The van der Waals surface area contributed by atoms with Crippen LogP contribution in [0.1, 0.15) is 33.6 Å². The highest BCUT2D eigenvalue weighted by Gasteiger charge is 2.16. The van der Waals surface area contributed by atoms with Crippen LogP contribution in [0.25, 0.3) is 0 Å². The minimum absolute atomic E-state index is 0.0663. The van der Waals surface area contributed by atoms with Gasteiger partial charge in [0.15, 0.2) is 0 Å². The first kappa shape index (κ1) is 20.1. The average molecular weight is 306 g/mol. The van der Waals surface area contributed by atoms with Gasteiger partial charge in [-0.2, -0.15) is 0 Å². The summed E-state index contributed by atoms with van der Waals surface area (Å²) in [5.74, 6) is 0. The number of carbonyl (C=O) groups is 1. The Morgan fingerprint density at radius 3 is 2.52 bits per heavy atom. The van der Waals surface area contributed by atoms with Crippen LogP contribution in [0.4, 0.5) is 4.79 Å². The van der Waals surface area contributed by atoms with Crippen molar-refractivity contribution in [1.82, 2.24) is 10.6 Å². The zero-order valence-electron chi connectivity index (χ0n) is 13.5. The fourth-order valence-electron chi connectivity index (χ4n) is 1.67. The SMILES string of the molecule is COCC(CCCNC(=O)OC(C)(C)C)NCC(O)CO. The van der Waals surface area contributed by atoms with Crippen molar-refractivity contribution in [3.8, 4) is 0 Å². The van der Waals surface area contributed by atoms with E-state index in [0.29, 0.717) is 19.7 Å². The largest absolute Gasteiger partial charge is 0.444 e. The minimum atomic E-state index is -0.774. The number of hydrogen-bond donors (Lipinski definition) is 4. The highest BCUT2D eigenvalue weighted by molar-refractivity contribution is 5.67. The van der Waals surface area contributed by atoms with Gasteiger partial charge in [-0.05, 0) is 33.6 Å². The zero-order chi connectivity index (χ0) is 16.3. The molecule has 0 aliphatic rings. The molecule has 21 heavy (non-hydrogen) atoms. The van der Waals surface area contributed by atoms with Crippen LogP contribution in [-0.2, 0) is 9.47 Å². The fourth-order valence-corrected chi connectivity index (χ4v) is 1.67. The molecule has 1 amide bonds. The summed E-state index contributed by atoms with van der Waals surface area (Å²) in [5.41, 5.74) is -0.495. The molecule has 0 aromatic heterocycles. The fraction of sp³-hybridized carbons (Fsp3) is 0.929. The van der Waals surface area contributed by atoms with E-state index in [-0.39, 0.29) is 12.6 Å². The van der Waals surface area contributed by atoms with Crippen molar-refractivity contribution < 1.29 is 24.5 Å². The number of ether oxygens (including phenoxy) is 2. The Morgan fingerprint density at radius 1 is 1.33 bits per heavy atom. The first-order valence-corrected chi connectivity index (χ1v) is 7.26. The quantitative estimate of drug-likeness (QED) is 0.432. The third kappa shape index (κ3) is 12.6. The van der Waals surface area contributed by atoms with Crippen LogP contribution in [0, 0.1) is 0 Å². The smallest absolute Gasteiger partial charge is 0.407 e. The Hall–Kier alpha value is -0.890. The number of hydrogen-bond acceptors (Lipinski definition) is 6. The third-order valence-corrected chi connectivity index (χ3v) is 2.62. The van der Waals surface area contributed by atoms with Crippen molar-refractivity contribution in [2.45, 2.75) is 51.4 Å². The van der Waals surface area contributed by atoms with Gasteiger partial charge < -0.3 is 30.3 Å². The van der Waals surface area contributed by atoms with Gasteiger partial charge in [-0.25, -0.2) is 4.79 Å². The molecule has 0 saturated carbocycles. The van der Waals surface area contributed by atoms with Gasteiger partial charge >= 0.3 is 6.09 Å². The van der Waals surface area contributed by atoms with Crippen LogP contribution in [0.15, 0.2) is 0 Å². The van der Waals surface area contributed by atoms with Gasteiger partial charge in [-0.1, -0.05) is 0 Å². The lowest BCUT2D eigenvalue weighted by Crippen LogP contribution is -2.40. The lowest BCUT2D eigenvalue weighted by Gasteiger charge is -2.21. The first-order valence-electron chi connectivity index (χ1n) is 7.26. The van der Waals surface area contributed by atoms with Crippen molar-refractivity contribution in [3.05, 3.63) is 0 Å². The molecule has 7 nitrogen and oxygen atoms in total. The lowest BCUT2D eigenvalue weighted by atomic mass is 10.1. The maximum absolute atomic E-state index is 11.4. The number of aliphatic hydroxyl groups excluding tert-OH is 2. The van der Waals surface area contributed by atoms with Gasteiger partial charge in [0.05, 0.1) is 19.3 Å². The summed E-state index contributed by atoms with van der Waals surface area (Å²) in [6, 6.07) is 0.0663. The van der Waals surface area contributed by atoms with E-state index in [4.69, 9.17) is 14.6 Å². The Morgan fingerprint density at radius 2 is 2.00 bits per heavy atom. The van der Waals surface area contributed by atoms with Crippen molar-refractivity contribution in [2.24, 2.45) is 0 Å². The van der Waals surface area contributed by atoms with E-state index in [9.17, 15) is 9.90 Å². The maximum Gasteiger partial charge on any atom is 0.407 e. The second kappa shape index (κ2) is 10.8. The Bertz CT molecular complexity index is 281. The van der Waals surface area contributed by atoms with Crippen LogP contribution < -0.4 is 10.6 Å². The predicted octanol–water partition coefficient (Wildman–Crippen LogP) is 0.249. The van der Waals surface area contributed by atoms with E-state index in [2.05, 4.69) is 10.6 Å². The number of amides is 1. The molecule has 0 aromatic rings. The molecule has 0 bridgehead atoms. The normalized spacial score (nSPS) is 14.6. The molecule has 0 spiro atoms. The molecule has 0 aliphatic carbocycles. The summed E-state index contributed by atoms with van der Waals surface area (Å²) in [5, 5.41) is 23.9. The van der Waals surface area contributed by atoms with Crippen molar-refractivity contribution in [3.63, 3.8) is 0 Å². The number of aliphatic hydroxyl groups is 2. The second-order valence-electron chi connectivity index (χ2n) is 5.97. The van der Waals surface area contributed by atoms with E-state index in [1.807, 2.05) is 20.8 Å². The summed E-state index contributed by atoms with van der Waals surface area (Å²) in [7, 11) is 1.61. The van der Waals surface area contributed by atoms with E-state index >= 15 is 0 Å². The Labute approximate surface area is 127 Å². The number of rotatable bonds is 10. The summed E-state index contributed by atoms with van der Waals surface area (Å²) >= 11 is 0. The monoisotopic (exact) mass is 306 g/mol. The van der Waals surface area contributed by atoms with Gasteiger partial charge in [0.25, 0.3) is 0 Å². The number of nitrogens with one attached hydrogen (secondary N) is 2. The van der Waals surface area contributed by atoms with Crippen LogP contribution in [0.3, 0.4) is 0 Å². The Balaban J connectivity index is 3.85. The van der Waals surface area contributed by atoms with Crippen LogP contribution in [0.2, 0.25) is 0 Å².